The first-order chi connectivity index (χ1) is 9.16. The van der Waals surface area contributed by atoms with Crippen LogP contribution in [0, 0.1) is 23.2 Å². The summed E-state index contributed by atoms with van der Waals surface area (Å²) in [7, 11) is 0. The SMILES string of the molecule is Nc1ccccc1C(O)C12CC3CC(CC(C3)C1)C2. The molecule has 2 nitrogen and oxygen atoms in total. The van der Waals surface area contributed by atoms with Crippen molar-refractivity contribution in [3.05, 3.63) is 29.8 Å². The molecule has 19 heavy (non-hydrogen) atoms. The predicted octanol–water partition coefficient (Wildman–Crippen LogP) is 3.52. The van der Waals surface area contributed by atoms with Gasteiger partial charge in [-0.1, -0.05) is 18.2 Å². The van der Waals surface area contributed by atoms with E-state index < -0.39 is 0 Å². The van der Waals surface area contributed by atoms with Gasteiger partial charge >= 0.3 is 0 Å². The van der Waals surface area contributed by atoms with Crippen LogP contribution >= 0.6 is 0 Å². The van der Waals surface area contributed by atoms with Crippen LogP contribution in [-0.4, -0.2) is 5.11 Å². The normalized spacial score (nSPS) is 41.4. The number of hydrogen-bond acceptors (Lipinski definition) is 2. The summed E-state index contributed by atoms with van der Waals surface area (Å²) >= 11 is 0. The van der Waals surface area contributed by atoms with Crippen molar-refractivity contribution in [3.63, 3.8) is 0 Å². The smallest absolute Gasteiger partial charge is 0.0866 e. The van der Waals surface area contributed by atoms with Gasteiger partial charge in [0.1, 0.15) is 0 Å². The molecule has 0 saturated heterocycles. The molecule has 0 aliphatic heterocycles. The van der Waals surface area contributed by atoms with Crippen LogP contribution < -0.4 is 5.73 Å². The molecule has 4 fully saturated rings. The van der Waals surface area contributed by atoms with Gasteiger partial charge in [0.25, 0.3) is 0 Å². The van der Waals surface area contributed by atoms with E-state index in [4.69, 9.17) is 5.73 Å². The Labute approximate surface area is 115 Å². The molecule has 1 atom stereocenters. The van der Waals surface area contributed by atoms with Gasteiger partial charge in [0, 0.05) is 16.7 Å². The maximum Gasteiger partial charge on any atom is 0.0866 e. The van der Waals surface area contributed by atoms with Crippen LogP contribution in [0.5, 0.6) is 0 Å². The lowest BCUT2D eigenvalue weighted by atomic mass is 9.47. The number of benzene rings is 1. The van der Waals surface area contributed by atoms with Gasteiger partial charge in [-0.25, -0.2) is 0 Å². The summed E-state index contributed by atoms with van der Waals surface area (Å²) in [5.74, 6) is 2.60. The molecule has 4 aliphatic rings. The van der Waals surface area contributed by atoms with Crippen LogP contribution in [0.15, 0.2) is 24.3 Å². The Hall–Kier alpha value is -1.02. The molecular formula is C17H23NO. The minimum absolute atomic E-state index is 0.129. The highest BCUT2D eigenvalue weighted by atomic mass is 16.3. The molecule has 1 aromatic rings. The van der Waals surface area contributed by atoms with Gasteiger partial charge in [-0.05, 0) is 62.3 Å². The molecular weight excluding hydrogens is 234 g/mol. The first kappa shape index (κ1) is 11.8. The van der Waals surface area contributed by atoms with E-state index in [1.165, 1.54) is 38.5 Å². The molecule has 102 valence electrons. The standard InChI is InChI=1S/C17H23NO/c18-15-4-2-1-3-14(15)16(19)17-8-11-5-12(9-17)7-13(6-11)10-17/h1-4,11-13,16,19H,5-10,18H2. The number of rotatable bonds is 2. The minimum Gasteiger partial charge on any atom is -0.398 e. The molecule has 5 rings (SSSR count). The van der Waals surface area contributed by atoms with Crippen LogP contribution in [0.1, 0.15) is 50.2 Å². The molecule has 4 aliphatic carbocycles. The number of aliphatic hydroxyl groups excluding tert-OH is 1. The summed E-state index contributed by atoms with van der Waals surface area (Å²) in [6.07, 6.45) is 7.53. The van der Waals surface area contributed by atoms with Gasteiger partial charge in [-0.3, -0.25) is 0 Å². The second-order valence-electron chi connectivity index (χ2n) is 7.31. The second-order valence-corrected chi connectivity index (χ2v) is 7.31. The van der Waals surface area contributed by atoms with E-state index in [0.717, 1.165) is 29.0 Å². The lowest BCUT2D eigenvalue weighted by Crippen LogP contribution is -2.48. The van der Waals surface area contributed by atoms with Crippen molar-refractivity contribution < 1.29 is 5.11 Å². The average Bonchev–Trinajstić information content (AvgIpc) is 2.37. The number of nitrogen functional groups attached to an aromatic ring is 1. The zero-order valence-electron chi connectivity index (χ0n) is 11.4. The van der Waals surface area contributed by atoms with Gasteiger partial charge in [0.15, 0.2) is 0 Å². The summed E-state index contributed by atoms with van der Waals surface area (Å²) in [5.41, 5.74) is 7.93. The first-order valence-electron chi connectivity index (χ1n) is 7.69. The number of anilines is 1. The zero-order valence-corrected chi connectivity index (χ0v) is 11.4. The molecule has 4 bridgehead atoms. The van der Waals surface area contributed by atoms with Crippen LogP contribution in [0.3, 0.4) is 0 Å². The number of nitrogens with two attached hydrogens (primary N) is 1. The molecule has 3 N–H and O–H groups in total. The molecule has 4 saturated carbocycles. The van der Waals surface area contributed by atoms with Crippen molar-refractivity contribution in [3.8, 4) is 0 Å². The third-order valence-corrected chi connectivity index (χ3v) is 5.96. The maximum absolute atomic E-state index is 11.0. The van der Waals surface area contributed by atoms with Crippen molar-refractivity contribution in [1.29, 1.82) is 0 Å². The van der Waals surface area contributed by atoms with E-state index in [0.29, 0.717) is 0 Å². The Bertz CT molecular complexity index is 461. The highest BCUT2D eigenvalue weighted by Gasteiger charge is 2.54. The van der Waals surface area contributed by atoms with E-state index in [-0.39, 0.29) is 11.5 Å². The Morgan fingerprint density at radius 3 is 2.05 bits per heavy atom. The lowest BCUT2D eigenvalue weighted by Gasteiger charge is -2.58. The number of hydrogen-bond donors (Lipinski definition) is 2. The van der Waals surface area contributed by atoms with Crippen LogP contribution in [0.2, 0.25) is 0 Å². The van der Waals surface area contributed by atoms with E-state index in [9.17, 15) is 5.11 Å². The second kappa shape index (κ2) is 3.99. The summed E-state index contributed by atoms with van der Waals surface area (Å²) in [5, 5.41) is 11.0. The topological polar surface area (TPSA) is 46.2 Å². The molecule has 0 spiro atoms. The van der Waals surface area contributed by atoms with Crippen LogP contribution in [0.4, 0.5) is 5.69 Å². The van der Waals surface area contributed by atoms with E-state index >= 15 is 0 Å². The van der Waals surface area contributed by atoms with Gasteiger partial charge in [-0.2, -0.15) is 0 Å². The zero-order chi connectivity index (χ0) is 13.0. The minimum atomic E-state index is -0.359. The Morgan fingerprint density at radius 2 is 1.53 bits per heavy atom. The Kier molecular flexibility index (Phi) is 2.47. The molecule has 2 heteroatoms. The summed E-state index contributed by atoms with van der Waals surface area (Å²) in [6, 6.07) is 7.87. The Morgan fingerprint density at radius 1 is 1.00 bits per heavy atom. The van der Waals surface area contributed by atoms with Gasteiger partial charge in [0.05, 0.1) is 6.10 Å². The number of para-hydroxylation sites is 1. The number of aliphatic hydroxyl groups is 1. The average molecular weight is 257 g/mol. The fourth-order valence-corrected chi connectivity index (χ4v) is 5.60. The molecule has 0 aromatic heterocycles. The fraction of sp³-hybridized carbons (Fsp3) is 0.647. The van der Waals surface area contributed by atoms with E-state index in [1.807, 2.05) is 24.3 Å². The van der Waals surface area contributed by atoms with Crippen LogP contribution in [0.25, 0.3) is 0 Å². The molecule has 1 unspecified atom stereocenters. The first-order valence-corrected chi connectivity index (χ1v) is 7.69. The monoisotopic (exact) mass is 257 g/mol. The van der Waals surface area contributed by atoms with E-state index in [1.54, 1.807) is 0 Å². The van der Waals surface area contributed by atoms with Gasteiger partial charge < -0.3 is 10.8 Å². The van der Waals surface area contributed by atoms with Gasteiger partial charge in [-0.15, -0.1) is 0 Å². The highest BCUT2D eigenvalue weighted by molar-refractivity contribution is 5.48. The van der Waals surface area contributed by atoms with E-state index in [2.05, 4.69) is 0 Å². The summed E-state index contributed by atoms with van der Waals surface area (Å²) in [6.45, 7) is 0. The summed E-state index contributed by atoms with van der Waals surface area (Å²) in [4.78, 5) is 0. The molecule has 0 amide bonds. The van der Waals surface area contributed by atoms with Crippen molar-refractivity contribution in [2.75, 3.05) is 5.73 Å². The largest absolute Gasteiger partial charge is 0.398 e. The lowest BCUT2D eigenvalue weighted by molar-refractivity contribution is -0.122. The maximum atomic E-state index is 11.0. The fourth-order valence-electron chi connectivity index (χ4n) is 5.60. The highest BCUT2D eigenvalue weighted by Crippen LogP contribution is 2.64. The van der Waals surface area contributed by atoms with Crippen molar-refractivity contribution >= 4 is 5.69 Å². The third kappa shape index (κ3) is 1.73. The van der Waals surface area contributed by atoms with Crippen LogP contribution in [-0.2, 0) is 0 Å². The van der Waals surface area contributed by atoms with Crippen molar-refractivity contribution in [2.45, 2.75) is 44.6 Å². The summed E-state index contributed by atoms with van der Waals surface area (Å²) < 4.78 is 0. The predicted molar refractivity (Wildman–Crippen MR) is 76.4 cm³/mol. The third-order valence-electron chi connectivity index (χ3n) is 5.96. The molecule has 1 aromatic carbocycles. The quantitative estimate of drug-likeness (QED) is 0.796. The molecule has 0 radical (unpaired) electrons. The van der Waals surface area contributed by atoms with Crippen molar-refractivity contribution in [2.24, 2.45) is 23.2 Å². The van der Waals surface area contributed by atoms with Gasteiger partial charge in [0.2, 0.25) is 0 Å². The Balaban J connectivity index is 1.70. The molecule has 0 heterocycles. The van der Waals surface area contributed by atoms with Crippen molar-refractivity contribution in [1.82, 2.24) is 0 Å².